The van der Waals surface area contributed by atoms with Crippen LogP contribution in [0.5, 0.6) is 0 Å². The smallest absolute Gasteiger partial charge is 0.0398 e. The van der Waals surface area contributed by atoms with Crippen LogP contribution in [0.15, 0.2) is 12.1 Å². The number of aryl methyl sites for hydroxylation is 3. The molecule has 0 aromatic heterocycles. The van der Waals surface area contributed by atoms with E-state index in [-0.39, 0.29) is 0 Å². The van der Waals surface area contributed by atoms with Crippen molar-refractivity contribution in [2.75, 3.05) is 0 Å². The van der Waals surface area contributed by atoms with Gasteiger partial charge < -0.3 is 0 Å². The lowest BCUT2D eigenvalue weighted by atomic mass is 9.87. The Bertz CT molecular complexity index is 355. The third-order valence-electron chi connectivity index (χ3n) is 3.46. The third-order valence-corrected chi connectivity index (χ3v) is 4.42. The molecule has 1 unspecified atom stereocenters. The van der Waals surface area contributed by atoms with Gasteiger partial charge in [0.15, 0.2) is 0 Å². The highest BCUT2D eigenvalue weighted by Crippen LogP contribution is 2.37. The molecule has 15 heavy (non-hydrogen) atoms. The topological polar surface area (TPSA) is 0 Å². The lowest BCUT2D eigenvalue weighted by Crippen LogP contribution is -2.07. The van der Waals surface area contributed by atoms with Gasteiger partial charge in [-0.3, -0.25) is 0 Å². The number of hydrogen-bond acceptors (Lipinski definition) is 0. The lowest BCUT2D eigenvalue weighted by Gasteiger charge is -2.23. The Hall–Kier alpha value is -0.300. The number of halogens is 1. The Morgan fingerprint density at radius 1 is 1.20 bits per heavy atom. The fourth-order valence-corrected chi connectivity index (χ4v) is 3.30. The summed E-state index contributed by atoms with van der Waals surface area (Å²) in [5.74, 6) is 0. The van der Waals surface area contributed by atoms with Gasteiger partial charge in [0.2, 0.25) is 0 Å². The minimum Gasteiger partial charge on any atom is -0.0839 e. The molecule has 1 aliphatic carbocycles. The second-order valence-electron chi connectivity index (χ2n) is 4.39. The van der Waals surface area contributed by atoms with Crippen molar-refractivity contribution in [2.45, 2.75) is 50.8 Å². The standard InChI is InChI=1S/C14H19Br/c1-3-10-8-12-6-5-7-14(15)13(12)9-11(10)4-2/h8-9,14H,3-7H2,1-2H3. The fraction of sp³-hybridized carbons (Fsp3) is 0.571. The van der Waals surface area contributed by atoms with Crippen molar-refractivity contribution < 1.29 is 0 Å². The molecule has 0 aliphatic heterocycles. The molecule has 82 valence electrons. The molecule has 0 saturated carbocycles. The lowest BCUT2D eigenvalue weighted by molar-refractivity contribution is 0.678. The Balaban J connectivity index is 2.48. The molecular weight excluding hydrogens is 248 g/mol. The zero-order valence-corrected chi connectivity index (χ0v) is 11.2. The van der Waals surface area contributed by atoms with E-state index in [9.17, 15) is 0 Å². The van der Waals surface area contributed by atoms with E-state index < -0.39 is 0 Å². The summed E-state index contributed by atoms with van der Waals surface area (Å²) < 4.78 is 0. The predicted molar refractivity (Wildman–Crippen MR) is 69.8 cm³/mol. The van der Waals surface area contributed by atoms with Gasteiger partial charge in [0.25, 0.3) is 0 Å². The highest BCUT2D eigenvalue weighted by molar-refractivity contribution is 9.09. The van der Waals surface area contributed by atoms with E-state index in [2.05, 4.69) is 41.9 Å². The number of hydrogen-bond donors (Lipinski definition) is 0. The molecule has 1 aromatic carbocycles. The second kappa shape index (κ2) is 4.69. The van der Waals surface area contributed by atoms with Crippen molar-refractivity contribution in [3.63, 3.8) is 0 Å². The minimum atomic E-state index is 0.595. The molecule has 0 radical (unpaired) electrons. The van der Waals surface area contributed by atoms with E-state index in [1.165, 1.54) is 25.7 Å². The van der Waals surface area contributed by atoms with Gasteiger partial charge in [0.1, 0.15) is 0 Å². The van der Waals surface area contributed by atoms with Crippen molar-refractivity contribution >= 4 is 15.9 Å². The zero-order valence-electron chi connectivity index (χ0n) is 9.65. The number of fused-ring (bicyclic) bond motifs is 1. The fourth-order valence-electron chi connectivity index (χ4n) is 2.55. The van der Waals surface area contributed by atoms with Crippen LogP contribution in [0.2, 0.25) is 0 Å². The average molecular weight is 267 g/mol. The van der Waals surface area contributed by atoms with Crippen LogP contribution in [0, 0.1) is 0 Å². The first kappa shape index (κ1) is 11.2. The Morgan fingerprint density at radius 3 is 2.53 bits per heavy atom. The minimum absolute atomic E-state index is 0.595. The molecule has 2 rings (SSSR count). The largest absolute Gasteiger partial charge is 0.0839 e. The summed E-state index contributed by atoms with van der Waals surface area (Å²) in [4.78, 5) is 0.595. The molecule has 0 fully saturated rings. The maximum absolute atomic E-state index is 3.80. The summed E-state index contributed by atoms with van der Waals surface area (Å²) in [5, 5.41) is 0. The predicted octanol–water partition coefficient (Wildman–Crippen LogP) is 4.58. The monoisotopic (exact) mass is 266 g/mol. The SMILES string of the molecule is CCc1cc2c(cc1CC)C(Br)CCC2. The number of benzene rings is 1. The van der Waals surface area contributed by atoms with Gasteiger partial charge in [-0.15, -0.1) is 0 Å². The number of rotatable bonds is 2. The highest BCUT2D eigenvalue weighted by atomic mass is 79.9. The van der Waals surface area contributed by atoms with E-state index in [0.29, 0.717) is 4.83 Å². The molecule has 1 aliphatic rings. The van der Waals surface area contributed by atoms with Crippen molar-refractivity contribution in [2.24, 2.45) is 0 Å². The van der Waals surface area contributed by atoms with Crippen molar-refractivity contribution in [3.8, 4) is 0 Å². The van der Waals surface area contributed by atoms with E-state index in [1.54, 1.807) is 22.3 Å². The van der Waals surface area contributed by atoms with Gasteiger partial charge in [-0.2, -0.15) is 0 Å². The van der Waals surface area contributed by atoms with Crippen molar-refractivity contribution in [3.05, 3.63) is 34.4 Å². The summed E-state index contributed by atoms with van der Waals surface area (Å²) in [7, 11) is 0. The van der Waals surface area contributed by atoms with Crippen LogP contribution in [0.1, 0.15) is 53.8 Å². The van der Waals surface area contributed by atoms with Crippen LogP contribution in [-0.4, -0.2) is 0 Å². The summed E-state index contributed by atoms with van der Waals surface area (Å²) in [6, 6.07) is 4.88. The number of alkyl halides is 1. The Kier molecular flexibility index (Phi) is 3.50. The summed E-state index contributed by atoms with van der Waals surface area (Å²) in [6.07, 6.45) is 6.23. The van der Waals surface area contributed by atoms with Crippen molar-refractivity contribution in [1.29, 1.82) is 0 Å². The molecule has 0 spiro atoms. The summed E-state index contributed by atoms with van der Waals surface area (Å²) >= 11 is 3.80. The van der Waals surface area contributed by atoms with Gasteiger partial charge in [-0.1, -0.05) is 41.9 Å². The van der Waals surface area contributed by atoms with E-state index in [1.807, 2.05) is 0 Å². The molecule has 0 bridgehead atoms. The molecule has 1 heteroatoms. The summed E-state index contributed by atoms with van der Waals surface area (Å²) in [6.45, 7) is 4.52. The van der Waals surface area contributed by atoms with Crippen LogP contribution >= 0.6 is 15.9 Å². The molecule has 0 amide bonds. The second-order valence-corrected chi connectivity index (χ2v) is 5.49. The Morgan fingerprint density at radius 2 is 1.87 bits per heavy atom. The molecule has 0 saturated heterocycles. The van der Waals surface area contributed by atoms with Gasteiger partial charge >= 0.3 is 0 Å². The van der Waals surface area contributed by atoms with E-state index in [4.69, 9.17) is 0 Å². The highest BCUT2D eigenvalue weighted by Gasteiger charge is 2.18. The summed E-state index contributed by atoms with van der Waals surface area (Å²) in [5.41, 5.74) is 6.23. The van der Waals surface area contributed by atoms with Crippen LogP contribution < -0.4 is 0 Å². The molecule has 0 nitrogen and oxygen atoms in total. The normalized spacial score (nSPS) is 20.1. The van der Waals surface area contributed by atoms with Crippen LogP contribution in [0.25, 0.3) is 0 Å². The molecule has 0 N–H and O–H groups in total. The first-order valence-electron chi connectivity index (χ1n) is 6.04. The first-order chi connectivity index (χ1) is 7.26. The zero-order chi connectivity index (χ0) is 10.8. The van der Waals surface area contributed by atoms with Gasteiger partial charge in [-0.25, -0.2) is 0 Å². The van der Waals surface area contributed by atoms with Crippen molar-refractivity contribution in [1.82, 2.24) is 0 Å². The van der Waals surface area contributed by atoms with E-state index in [0.717, 1.165) is 6.42 Å². The molecule has 1 aromatic rings. The Labute approximate surface area is 101 Å². The quantitative estimate of drug-likeness (QED) is 0.688. The van der Waals surface area contributed by atoms with Crippen LogP contribution in [0.3, 0.4) is 0 Å². The van der Waals surface area contributed by atoms with Crippen LogP contribution in [0.4, 0.5) is 0 Å². The molecule has 0 heterocycles. The van der Waals surface area contributed by atoms with Gasteiger partial charge in [-0.05, 0) is 54.4 Å². The maximum atomic E-state index is 3.80. The third kappa shape index (κ3) is 2.13. The average Bonchev–Trinajstić information content (AvgIpc) is 2.28. The molecule has 1 atom stereocenters. The maximum Gasteiger partial charge on any atom is 0.0398 e. The first-order valence-corrected chi connectivity index (χ1v) is 6.96. The van der Waals surface area contributed by atoms with Gasteiger partial charge in [0.05, 0.1) is 0 Å². The van der Waals surface area contributed by atoms with Crippen LogP contribution in [-0.2, 0) is 19.3 Å². The van der Waals surface area contributed by atoms with E-state index >= 15 is 0 Å². The molecular formula is C14H19Br. The van der Waals surface area contributed by atoms with Gasteiger partial charge in [0, 0.05) is 4.83 Å².